The fourth-order valence-electron chi connectivity index (χ4n) is 2.01. The molecule has 1 fully saturated rings. The van der Waals surface area contributed by atoms with Gasteiger partial charge in [0, 0.05) is 19.5 Å². The monoisotopic (exact) mass is 364 g/mol. The Morgan fingerprint density at radius 1 is 1.36 bits per heavy atom. The molecule has 1 saturated heterocycles. The van der Waals surface area contributed by atoms with Gasteiger partial charge in [0.05, 0.1) is 28.8 Å². The largest absolute Gasteiger partial charge is 0.379 e. The molecule has 1 aliphatic heterocycles. The molecule has 1 N–H and O–H groups in total. The Morgan fingerprint density at radius 2 is 2.05 bits per heavy atom. The number of sulfonamides is 1. The molecule has 122 valence electrons. The molecule has 1 amide bonds. The number of hydrogen-bond acceptors (Lipinski definition) is 5. The number of rotatable bonds is 5. The first-order valence-corrected chi connectivity index (χ1v) is 9.18. The van der Waals surface area contributed by atoms with Gasteiger partial charge in [0.15, 0.2) is 0 Å². The summed E-state index contributed by atoms with van der Waals surface area (Å²) in [5.41, 5.74) is 0.280. The van der Waals surface area contributed by atoms with Crippen molar-refractivity contribution >= 4 is 45.8 Å². The summed E-state index contributed by atoms with van der Waals surface area (Å²) in [6.45, 7) is 1.37. The van der Waals surface area contributed by atoms with Gasteiger partial charge in [-0.25, -0.2) is 8.42 Å². The number of amides is 1. The van der Waals surface area contributed by atoms with Crippen LogP contribution in [0.15, 0.2) is 23.1 Å². The van der Waals surface area contributed by atoms with Crippen LogP contribution in [-0.4, -0.2) is 50.7 Å². The lowest BCUT2D eigenvalue weighted by Gasteiger charge is -2.26. The predicted octanol–water partition coefficient (Wildman–Crippen LogP) is 1.62. The van der Waals surface area contributed by atoms with Gasteiger partial charge in [0.2, 0.25) is 15.9 Å². The Morgan fingerprint density at radius 3 is 2.68 bits per heavy atom. The summed E-state index contributed by atoms with van der Waals surface area (Å²) in [6.07, 6.45) is 0.222. The van der Waals surface area contributed by atoms with Gasteiger partial charge in [-0.05, 0) is 24.0 Å². The quantitative estimate of drug-likeness (QED) is 0.778. The second-order valence-corrected chi connectivity index (χ2v) is 7.47. The Balaban J connectivity index is 2.26. The first-order valence-electron chi connectivity index (χ1n) is 6.73. The van der Waals surface area contributed by atoms with Crippen LogP contribution in [0.1, 0.15) is 6.42 Å². The third-order valence-corrected chi connectivity index (χ3v) is 5.61. The lowest BCUT2D eigenvalue weighted by atomic mass is 10.3. The first kappa shape index (κ1) is 17.6. The third kappa shape index (κ3) is 4.14. The smallest absolute Gasteiger partial charge is 0.243 e. The van der Waals surface area contributed by atoms with Crippen molar-refractivity contribution in [3.8, 4) is 0 Å². The molecule has 0 spiro atoms. The Hall–Kier alpha value is -0.800. The van der Waals surface area contributed by atoms with Crippen LogP contribution in [0.4, 0.5) is 5.69 Å². The molecule has 1 aliphatic rings. The highest BCUT2D eigenvalue weighted by atomic mass is 35.5. The summed E-state index contributed by atoms with van der Waals surface area (Å²) in [5.74, 6) is 0.132. The van der Waals surface area contributed by atoms with E-state index in [0.717, 1.165) is 0 Å². The van der Waals surface area contributed by atoms with Crippen LogP contribution < -0.4 is 5.32 Å². The fraction of sp³-hybridized carbons (Fsp3) is 0.462. The Bertz CT molecular complexity index is 645. The van der Waals surface area contributed by atoms with Crippen molar-refractivity contribution in [3.05, 3.63) is 23.2 Å². The molecule has 1 heterocycles. The standard InChI is InChI=1S/C13H17ClN2O4S2/c14-11-2-1-10(9-12(11)15-13(17)3-8-21)22(18,19)16-4-6-20-7-5-16/h1-2,9,21H,3-8H2,(H,15,17). The van der Waals surface area contributed by atoms with Gasteiger partial charge >= 0.3 is 0 Å². The summed E-state index contributed by atoms with van der Waals surface area (Å²) in [6, 6.07) is 4.27. The molecule has 0 atom stereocenters. The lowest BCUT2D eigenvalue weighted by molar-refractivity contribution is -0.115. The second kappa shape index (κ2) is 7.65. The van der Waals surface area contributed by atoms with Crippen molar-refractivity contribution in [3.63, 3.8) is 0 Å². The molecule has 22 heavy (non-hydrogen) atoms. The van der Waals surface area contributed by atoms with Gasteiger partial charge in [0.25, 0.3) is 0 Å². The summed E-state index contributed by atoms with van der Waals surface area (Å²) in [7, 11) is -3.62. The topological polar surface area (TPSA) is 75.7 Å². The molecule has 0 bridgehead atoms. The van der Waals surface area contributed by atoms with Gasteiger partial charge < -0.3 is 10.1 Å². The number of halogens is 1. The zero-order chi connectivity index (χ0) is 16.2. The van der Waals surface area contributed by atoms with E-state index in [0.29, 0.717) is 32.1 Å². The molecular formula is C13H17ClN2O4S2. The first-order chi connectivity index (χ1) is 10.4. The van der Waals surface area contributed by atoms with E-state index in [1.165, 1.54) is 22.5 Å². The molecule has 1 aromatic carbocycles. The van der Waals surface area contributed by atoms with E-state index in [1.54, 1.807) is 0 Å². The highest BCUT2D eigenvalue weighted by Crippen LogP contribution is 2.27. The maximum absolute atomic E-state index is 12.6. The predicted molar refractivity (Wildman–Crippen MR) is 88.1 cm³/mol. The molecule has 2 rings (SSSR count). The minimum Gasteiger partial charge on any atom is -0.379 e. The number of benzene rings is 1. The van der Waals surface area contributed by atoms with Crippen LogP contribution in [0, 0.1) is 0 Å². The molecular weight excluding hydrogens is 348 g/mol. The number of hydrogen-bond donors (Lipinski definition) is 2. The number of thiol groups is 1. The summed E-state index contributed by atoms with van der Waals surface area (Å²) in [5, 5.41) is 2.88. The summed E-state index contributed by atoms with van der Waals surface area (Å²) < 4.78 is 31.7. The molecule has 9 heteroatoms. The van der Waals surface area contributed by atoms with Crippen molar-refractivity contribution in [1.29, 1.82) is 0 Å². The van der Waals surface area contributed by atoms with Gasteiger partial charge in [-0.3, -0.25) is 4.79 Å². The van der Waals surface area contributed by atoms with Gasteiger partial charge in [-0.1, -0.05) is 11.6 Å². The SMILES string of the molecule is O=C(CCS)Nc1cc(S(=O)(=O)N2CCOCC2)ccc1Cl. The van der Waals surface area contributed by atoms with Gasteiger partial charge in [-0.15, -0.1) is 0 Å². The average molecular weight is 365 g/mol. The van der Waals surface area contributed by atoms with Crippen molar-refractivity contribution in [2.45, 2.75) is 11.3 Å². The number of ether oxygens (including phenoxy) is 1. The molecule has 0 aliphatic carbocycles. The molecule has 1 aromatic rings. The Labute approximate surface area is 140 Å². The van der Waals surface area contributed by atoms with Crippen LogP contribution in [0.3, 0.4) is 0 Å². The molecule has 0 saturated carbocycles. The third-order valence-electron chi connectivity index (χ3n) is 3.16. The summed E-state index contributed by atoms with van der Waals surface area (Å²) in [4.78, 5) is 11.7. The zero-order valence-electron chi connectivity index (χ0n) is 11.8. The van der Waals surface area contributed by atoms with Crippen molar-refractivity contribution in [2.24, 2.45) is 0 Å². The van der Waals surface area contributed by atoms with Crippen LogP contribution in [0.25, 0.3) is 0 Å². The lowest BCUT2D eigenvalue weighted by Crippen LogP contribution is -2.40. The van der Waals surface area contributed by atoms with Gasteiger partial charge in [0.1, 0.15) is 0 Å². The molecule has 0 radical (unpaired) electrons. The average Bonchev–Trinajstić information content (AvgIpc) is 2.50. The fourth-order valence-corrected chi connectivity index (χ4v) is 3.81. The van der Waals surface area contributed by atoms with Crippen molar-refractivity contribution in [2.75, 3.05) is 37.4 Å². The van der Waals surface area contributed by atoms with E-state index < -0.39 is 10.0 Å². The van der Waals surface area contributed by atoms with Crippen molar-refractivity contribution in [1.82, 2.24) is 4.31 Å². The van der Waals surface area contributed by atoms with E-state index >= 15 is 0 Å². The van der Waals surface area contributed by atoms with Crippen molar-refractivity contribution < 1.29 is 17.9 Å². The van der Waals surface area contributed by atoms with E-state index in [-0.39, 0.29) is 27.9 Å². The number of nitrogens with one attached hydrogen (secondary N) is 1. The normalized spacial score (nSPS) is 16.5. The minimum absolute atomic E-state index is 0.0972. The van der Waals surface area contributed by atoms with Gasteiger partial charge in [-0.2, -0.15) is 16.9 Å². The van der Waals surface area contributed by atoms with E-state index in [1.807, 2.05) is 0 Å². The van der Waals surface area contributed by atoms with Crippen LogP contribution in [0.2, 0.25) is 5.02 Å². The zero-order valence-corrected chi connectivity index (χ0v) is 14.3. The Kier molecular flexibility index (Phi) is 6.10. The molecule has 0 unspecified atom stereocenters. The number of morpholine rings is 1. The highest BCUT2D eigenvalue weighted by molar-refractivity contribution is 7.89. The van der Waals surface area contributed by atoms with Crippen LogP contribution >= 0.6 is 24.2 Å². The van der Waals surface area contributed by atoms with Crippen LogP contribution in [-0.2, 0) is 19.6 Å². The van der Waals surface area contributed by atoms with E-state index in [9.17, 15) is 13.2 Å². The van der Waals surface area contributed by atoms with E-state index in [2.05, 4.69) is 17.9 Å². The number of carbonyl (C=O) groups is 1. The number of nitrogens with zero attached hydrogens (tertiary/aromatic N) is 1. The number of anilines is 1. The maximum Gasteiger partial charge on any atom is 0.243 e. The van der Waals surface area contributed by atoms with Crippen LogP contribution in [0.5, 0.6) is 0 Å². The summed E-state index contributed by atoms with van der Waals surface area (Å²) >= 11 is 9.99. The molecule has 0 aromatic heterocycles. The molecule has 6 nitrogen and oxygen atoms in total. The minimum atomic E-state index is -3.62. The number of carbonyl (C=O) groups excluding carboxylic acids is 1. The maximum atomic E-state index is 12.6. The highest BCUT2D eigenvalue weighted by Gasteiger charge is 2.27. The van der Waals surface area contributed by atoms with E-state index in [4.69, 9.17) is 16.3 Å². The second-order valence-electron chi connectivity index (χ2n) is 4.68.